The second-order valence-electron chi connectivity index (χ2n) is 5.12. The maximum Gasteiger partial charge on any atom is 0.105 e. The van der Waals surface area contributed by atoms with Crippen molar-refractivity contribution in [3.05, 3.63) is 49.1 Å². The van der Waals surface area contributed by atoms with Gasteiger partial charge in [0.1, 0.15) is 5.66 Å². The van der Waals surface area contributed by atoms with Crippen LogP contribution in [0.3, 0.4) is 0 Å². The molecule has 1 aliphatic rings. The average molecular weight is 238 g/mol. The van der Waals surface area contributed by atoms with Crippen LogP contribution < -0.4 is 10.6 Å². The van der Waals surface area contributed by atoms with Crippen LogP contribution in [0, 0.1) is 0 Å². The van der Waals surface area contributed by atoms with Crippen molar-refractivity contribution in [2.24, 2.45) is 0 Å². The first-order valence-corrected chi connectivity index (χ1v) is 6.41. The van der Waals surface area contributed by atoms with Gasteiger partial charge in [-0.05, 0) is 37.3 Å². The van der Waals surface area contributed by atoms with Crippen molar-refractivity contribution in [1.29, 1.82) is 0 Å². The zero-order chi connectivity index (χ0) is 12.6. The van der Waals surface area contributed by atoms with Crippen LogP contribution in [0.25, 0.3) is 10.8 Å². The molecule has 0 aromatic heterocycles. The fourth-order valence-corrected chi connectivity index (χ4v) is 2.69. The Morgan fingerprint density at radius 3 is 2.28 bits per heavy atom. The van der Waals surface area contributed by atoms with Crippen molar-refractivity contribution >= 4 is 22.1 Å². The van der Waals surface area contributed by atoms with E-state index in [0.717, 1.165) is 12.8 Å². The van der Waals surface area contributed by atoms with E-state index >= 15 is 0 Å². The highest BCUT2D eigenvalue weighted by atomic mass is 15.2. The van der Waals surface area contributed by atoms with E-state index in [1.54, 1.807) is 0 Å². The van der Waals surface area contributed by atoms with Crippen LogP contribution in [-0.4, -0.2) is 5.66 Å². The van der Waals surface area contributed by atoms with Crippen LogP contribution in [0.1, 0.15) is 19.8 Å². The van der Waals surface area contributed by atoms with E-state index in [2.05, 4.69) is 60.5 Å². The fraction of sp³-hybridized carbons (Fsp3) is 0.250. The lowest BCUT2D eigenvalue weighted by Crippen LogP contribution is -2.45. The number of nitrogens with one attached hydrogen (secondary N) is 2. The normalized spacial score (nSPS) is 15.8. The summed E-state index contributed by atoms with van der Waals surface area (Å²) in [7, 11) is 0. The van der Waals surface area contributed by atoms with Gasteiger partial charge in [-0.3, -0.25) is 0 Å². The maximum atomic E-state index is 3.80. The lowest BCUT2D eigenvalue weighted by Gasteiger charge is -2.38. The summed E-state index contributed by atoms with van der Waals surface area (Å²) in [5.74, 6) is 0. The first-order chi connectivity index (χ1) is 8.72. The molecule has 0 atom stereocenters. The molecule has 92 valence electrons. The molecule has 0 spiro atoms. The summed E-state index contributed by atoms with van der Waals surface area (Å²) in [4.78, 5) is 0. The summed E-state index contributed by atoms with van der Waals surface area (Å²) in [5, 5.41) is 9.79. The Labute approximate surface area is 108 Å². The Balaban J connectivity index is 2.07. The lowest BCUT2D eigenvalue weighted by molar-refractivity contribution is 0.537. The molecule has 2 aromatic carbocycles. The van der Waals surface area contributed by atoms with Crippen molar-refractivity contribution in [1.82, 2.24) is 0 Å². The van der Waals surface area contributed by atoms with Gasteiger partial charge in [0, 0.05) is 16.8 Å². The Kier molecular flexibility index (Phi) is 2.51. The molecule has 1 heterocycles. The van der Waals surface area contributed by atoms with Crippen LogP contribution >= 0.6 is 0 Å². The minimum absolute atomic E-state index is 0.100. The van der Waals surface area contributed by atoms with Crippen molar-refractivity contribution in [2.75, 3.05) is 10.6 Å². The summed E-state index contributed by atoms with van der Waals surface area (Å²) >= 11 is 0. The quantitative estimate of drug-likeness (QED) is 0.776. The molecule has 2 N–H and O–H groups in total. The van der Waals surface area contributed by atoms with Gasteiger partial charge in [-0.2, -0.15) is 0 Å². The first-order valence-electron chi connectivity index (χ1n) is 6.41. The molecule has 0 aliphatic carbocycles. The Morgan fingerprint density at radius 2 is 1.72 bits per heavy atom. The zero-order valence-corrected chi connectivity index (χ0v) is 10.7. The molecule has 0 saturated carbocycles. The van der Waals surface area contributed by atoms with Crippen LogP contribution in [0.15, 0.2) is 49.1 Å². The molecule has 0 unspecified atom stereocenters. The molecule has 0 radical (unpaired) electrons. The van der Waals surface area contributed by atoms with E-state index in [1.807, 2.05) is 6.08 Å². The molecule has 0 amide bonds. The van der Waals surface area contributed by atoms with Gasteiger partial charge < -0.3 is 10.6 Å². The Morgan fingerprint density at radius 1 is 1.11 bits per heavy atom. The van der Waals surface area contributed by atoms with Gasteiger partial charge in [-0.25, -0.2) is 0 Å². The number of hydrogen-bond acceptors (Lipinski definition) is 2. The molecular weight excluding hydrogens is 220 g/mol. The summed E-state index contributed by atoms with van der Waals surface area (Å²) in [5.41, 5.74) is 2.33. The van der Waals surface area contributed by atoms with E-state index in [9.17, 15) is 0 Å². The third-order valence-electron chi connectivity index (χ3n) is 3.57. The zero-order valence-electron chi connectivity index (χ0n) is 10.7. The summed E-state index contributed by atoms with van der Waals surface area (Å²) in [6, 6.07) is 12.8. The lowest BCUT2D eigenvalue weighted by atomic mass is 9.97. The molecular formula is C16H18N2. The second kappa shape index (κ2) is 4.05. The van der Waals surface area contributed by atoms with E-state index in [0.29, 0.717) is 0 Å². The van der Waals surface area contributed by atoms with Gasteiger partial charge in [0.2, 0.25) is 0 Å². The third-order valence-corrected chi connectivity index (χ3v) is 3.57. The van der Waals surface area contributed by atoms with Crippen LogP contribution in [0.2, 0.25) is 0 Å². The van der Waals surface area contributed by atoms with Crippen molar-refractivity contribution in [3.8, 4) is 0 Å². The highest BCUT2D eigenvalue weighted by Gasteiger charge is 2.28. The van der Waals surface area contributed by atoms with Gasteiger partial charge in [0.25, 0.3) is 0 Å². The summed E-state index contributed by atoms with van der Waals surface area (Å²) in [6.45, 7) is 6.00. The van der Waals surface area contributed by atoms with Crippen LogP contribution in [-0.2, 0) is 0 Å². The molecule has 2 heteroatoms. The topological polar surface area (TPSA) is 24.1 Å². The summed E-state index contributed by atoms with van der Waals surface area (Å²) in [6.07, 6.45) is 3.98. The average Bonchev–Trinajstić information content (AvgIpc) is 2.37. The Hall–Kier alpha value is -1.96. The second-order valence-corrected chi connectivity index (χ2v) is 5.12. The fourth-order valence-electron chi connectivity index (χ4n) is 2.69. The molecule has 1 aliphatic heterocycles. The minimum atomic E-state index is -0.100. The molecule has 2 aromatic rings. The molecule has 2 nitrogen and oxygen atoms in total. The van der Waals surface area contributed by atoms with Crippen LogP contribution in [0.5, 0.6) is 0 Å². The van der Waals surface area contributed by atoms with Crippen molar-refractivity contribution in [3.63, 3.8) is 0 Å². The Bertz CT molecular complexity index is 560. The van der Waals surface area contributed by atoms with E-state index < -0.39 is 0 Å². The number of rotatable bonds is 3. The minimum Gasteiger partial charge on any atom is -0.362 e. The van der Waals surface area contributed by atoms with Gasteiger partial charge in [0.05, 0.1) is 0 Å². The monoisotopic (exact) mass is 238 g/mol. The third kappa shape index (κ3) is 1.74. The van der Waals surface area contributed by atoms with E-state index in [-0.39, 0.29) is 5.66 Å². The largest absolute Gasteiger partial charge is 0.362 e. The highest BCUT2D eigenvalue weighted by Crippen LogP contribution is 2.38. The van der Waals surface area contributed by atoms with Gasteiger partial charge in [0.15, 0.2) is 0 Å². The SMILES string of the molecule is C=CCCC1(C)Nc2cccc3cccc(c23)N1. The molecule has 3 rings (SSSR count). The maximum absolute atomic E-state index is 3.80. The van der Waals surface area contributed by atoms with Crippen molar-refractivity contribution < 1.29 is 0 Å². The first kappa shape index (κ1) is 11.1. The summed E-state index contributed by atoms with van der Waals surface area (Å²) < 4.78 is 0. The molecule has 0 fully saturated rings. The number of hydrogen-bond donors (Lipinski definition) is 2. The van der Waals surface area contributed by atoms with E-state index in [1.165, 1.54) is 22.1 Å². The number of anilines is 2. The predicted molar refractivity (Wildman–Crippen MR) is 79.0 cm³/mol. The highest BCUT2D eigenvalue weighted by molar-refractivity contribution is 6.05. The van der Waals surface area contributed by atoms with Gasteiger partial charge in [-0.15, -0.1) is 6.58 Å². The molecule has 0 bridgehead atoms. The van der Waals surface area contributed by atoms with E-state index in [4.69, 9.17) is 0 Å². The predicted octanol–water partition coefficient (Wildman–Crippen LogP) is 4.36. The van der Waals surface area contributed by atoms with Gasteiger partial charge in [-0.1, -0.05) is 30.3 Å². The molecule has 18 heavy (non-hydrogen) atoms. The smallest absolute Gasteiger partial charge is 0.105 e. The number of allylic oxidation sites excluding steroid dienone is 1. The van der Waals surface area contributed by atoms with Crippen molar-refractivity contribution in [2.45, 2.75) is 25.4 Å². The van der Waals surface area contributed by atoms with Crippen LogP contribution in [0.4, 0.5) is 11.4 Å². The number of benzene rings is 2. The standard InChI is InChI=1S/C16H18N2/c1-3-4-11-16(2)17-13-9-5-7-12-8-6-10-14(18-16)15(12)13/h3,5-10,17-18H,1,4,11H2,2H3. The molecule has 0 saturated heterocycles. The van der Waals surface area contributed by atoms with Gasteiger partial charge >= 0.3 is 0 Å².